The first-order valence-electron chi connectivity index (χ1n) is 19.7. The molecule has 0 fully saturated rings. The molecule has 6 aromatic rings. The zero-order chi connectivity index (χ0) is 35.6. The van der Waals surface area contributed by atoms with Gasteiger partial charge in [-0.15, -0.1) is 11.3 Å². The third-order valence-electron chi connectivity index (χ3n) is 12.1. The van der Waals surface area contributed by atoms with Gasteiger partial charge in [0.05, 0.1) is 16.7 Å². The lowest BCUT2D eigenvalue weighted by atomic mass is 9.85. The molecular formula is C50H41N3S. The second kappa shape index (κ2) is 13.1. The molecule has 0 amide bonds. The van der Waals surface area contributed by atoms with E-state index in [-0.39, 0.29) is 5.92 Å². The van der Waals surface area contributed by atoms with Gasteiger partial charge in [-0.1, -0.05) is 115 Å². The summed E-state index contributed by atoms with van der Waals surface area (Å²) in [6.07, 6.45) is 39.2. The average Bonchev–Trinajstić information content (AvgIpc) is 3.79. The van der Waals surface area contributed by atoms with Gasteiger partial charge in [-0.05, 0) is 97.9 Å². The fourth-order valence-electron chi connectivity index (χ4n) is 9.34. The molecule has 2 atom stereocenters. The fourth-order valence-corrected chi connectivity index (χ4v) is 10.6. The molecule has 262 valence electrons. The van der Waals surface area contributed by atoms with Crippen molar-refractivity contribution in [1.82, 2.24) is 14.5 Å². The molecule has 0 spiro atoms. The number of nitrogens with zero attached hydrogens (tertiary/aromatic N) is 3. The molecule has 3 aromatic heterocycles. The molecule has 2 unspecified atom stereocenters. The summed E-state index contributed by atoms with van der Waals surface area (Å²) in [6, 6.07) is 22.1. The Hall–Kier alpha value is -5.58. The Kier molecular flexibility index (Phi) is 7.72. The van der Waals surface area contributed by atoms with E-state index in [1.54, 1.807) is 0 Å². The van der Waals surface area contributed by atoms with Crippen molar-refractivity contribution in [3.05, 3.63) is 166 Å². The lowest BCUT2D eigenvalue weighted by Gasteiger charge is -2.22. The average molecular weight is 716 g/mol. The van der Waals surface area contributed by atoms with Gasteiger partial charge < -0.3 is 4.57 Å². The van der Waals surface area contributed by atoms with Gasteiger partial charge in [-0.2, -0.15) is 0 Å². The van der Waals surface area contributed by atoms with Gasteiger partial charge in [0.2, 0.25) is 0 Å². The van der Waals surface area contributed by atoms with Crippen LogP contribution < -0.4 is 10.6 Å². The monoisotopic (exact) mass is 715 g/mol. The number of benzene rings is 3. The third kappa shape index (κ3) is 5.30. The molecule has 5 aliphatic carbocycles. The van der Waals surface area contributed by atoms with Gasteiger partial charge in [-0.25, -0.2) is 9.97 Å². The van der Waals surface area contributed by atoms with E-state index in [1.165, 1.54) is 69.6 Å². The molecule has 0 N–H and O–H groups in total. The van der Waals surface area contributed by atoms with Gasteiger partial charge in [0.25, 0.3) is 0 Å². The van der Waals surface area contributed by atoms with Crippen LogP contribution in [0.4, 0.5) is 0 Å². The van der Waals surface area contributed by atoms with Crippen molar-refractivity contribution in [2.45, 2.75) is 57.3 Å². The van der Waals surface area contributed by atoms with Crippen LogP contribution in [0.2, 0.25) is 0 Å². The van der Waals surface area contributed by atoms with Gasteiger partial charge in [0, 0.05) is 59.0 Å². The Morgan fingerprint density at radius 3 is 2.35 bits per heavy atom. The molecule has 0 aliphatic heterocycles. The Morgan fingerprint density at radius 1 is 0.667 bits per heavy atom. The van der Waals surface area contributed by atoms with E-state index < -0.39 is 0 Å². The number of rotatable bonds is 5. The summed E-state index contributed by atoms with van der Waals surface area (Å²) in [6.45, 7) is 0. The van der Waals surface area contributed by atoms with E-state index >= 15 is 0 Å². The summed E-state index contributed by atoms with van der Waals surface area (Å²) in [4.78, 5) is 10.5. The van der Waals surface area contributed by atoms with E-state index in [9.17, 15) is 0 Å². The Morgan fingerprint density at radius 2 is 1.52 bits per heavy atom. The molecule has 5 aliphatic rings. The molecule has 3 heterocycles. The standard InChI is InChI=1S/C50H41N3S/c1-3-11-32(12-4-1)33-19-23-35(24-20-33)48-41-16-7-9-17-43(41)51-50(52-48)36-25-21-34(22-26-36)37-27-29-44-42(31-37)47-45(53(44)38-13-5-2-6-14-38)30-28-40-39-15-8-10-18-46(39)54-49(40)47/h1,3,5,7-11,13-19,21-23,25,28-31,36-37H,2,4,6,12,20,24,26-27H2. The largest absolute Gasteiger partial charge is 0.310 e. The second-order valence-corrected chi connectivity index (χ2v) is 16.3. The van der Waals surface area contributed by atoms with Crippen molar-refractivity contribution in [3.63, 3.8) is 0 Å². The fraction of sp³-hybridized carbons (Fsp3) is 0.200. The van der Waals surface area contributed by atoms with Gasteiger partial charge in [0.1, 0.15) is 5.82 Å². The molecule has 4 heteroatoms. The van der Waals surface area contributed by atoms with Crippen LogP contribution in [0.1, 0.15) is 68.8 Å². The van der Waals surface area contributed by atoms with E-state index in [2.05, 4.69) is 144 Å². The quantitative estimate of drug-likeness (QED) is 0.178. The summed E-state index contributed by atoms with van der Waals surface area (Å²) in [5, 5.41) is 7.98. The molecule has 0 radical (unpaired) electrons. The summed E-state index contributed by atoms with van der Waals surface area (Å²) < 4.78 is 5.28. The predicted octanol–water partition coefficient (Wildman–Crippen LogP) is 11.8. The minimum absolute atomic E-state index is 0.153. The van der Waals surface area contributed by atoms with Crippen LogP contribution >= 0.6 is 11.3 Å². The highest BCUT2D eigenvalue weighted by Crippen LogP contribution is 2.40. The predicted molar refractivity (Wildman–Crippen MR) is 230 cm³/mol. The normalized spacial score (nSPS) is 21.0. The minimum Gasteiger partial charge on any atom is -0.310 e. The van der Waals surface area contributed by atoms with Gasteiger partial charge in [-0.3, -0.25) is 0 Å². The number of fused-ring (bicyclic) bond motifs is 8. The molecule has 0 saturated heterocycles. The Bertz CT molecular complexity index is 2950. The lowest BCUT2D eigenvalue weighted by Crippen LogP contribution is -2.33. The highest BCUT2D eigenvalue weighted by atomic mass is 32.1. The third-order valence-corrected chi connectivity index (χ3v) is 13.3. The maximum Gasteiger partial charge on any atom is 0.136 e. The topological polar surface area (TPSA) is 30.7 Å². The van der Waals surface area contributed by atoms with E-state index in [4.69, 9.17) is 9.97 Å². The van der Waals surface area contributed by atoms with Crippen molar-refractivity contribution >= 4 is 76.7 Å². The highest BCUT2D eigenvalue weighted by molar-refractivity contribution is 7.26. The highest BCUT2D eigenvalue weighted by Gasteiger charge is 2.24. The SMILES string of the molecule is C1=CCCC(C2=CC=C(c3nc(C4C=CC(C5C=c6c(n(C7=CCCC=C7)c7ccc8c9ccccc9sc8c67)=CC5)=CC4)nc4ccccc34)CC2)=C1. The smallest absolute Gasteiger partial charge is 0.136 e. The Labute approximate surface area is 319 Å². The Balaban J connectivity index is 0.954. The second-order valence-electron chi connectivity index (χ2n) is 15.3. The number of aromatic nitrogens is 3. The first-order chi connectivity index (χ1) is 26.8. The minimum atomic E-state index is 0.153. The van der Waals surface area contributed by atoms with Gasteiger partial charge in [0.15, 0.2) is 0 Å². The number of allylic oxidation sites excluding steroid dienone is 16. The lowest BCUT2D eigenvalue weighted by molar-refractivity contribution is 0.746. The summed E-state index contributed by atoms with van der Waals surface area (Å²) in [7, 11) is 0. The molecular weight excluding hydrogens is 675 g/mol. The van der Waals surface area contributed by atoms with Crippen LogP contribution in [-0.4, -0.2) is 14.5 Å². The summed E-state index contributed by atoms with van der Waals surface area (Å²) >= 11 is 1.94. The van der Waals surface area contributed by atoms with Crippen LogP contribution in [-0.2, 0) is 0 Å². The number of hydrogen-bond acceptors (Lipinski definition) is 3. The molecule has 3 aromatic carbocycles. The van der Waals surface area contributed by atoms with Crippen LogP contribution in [0.3, 0.4) is 0 Å². The van der Waals surface area contributed by atoms with Crippen LogP contribution in [0, 0.1) is 5.92 Å². The van der Waals surface area contributed by atoms with Crippen molar-refractivity contribution in [2.75, 3.05) is 0 Å². The number of thiophene rings is 1. The maximum absolute atomic E-state index is 5.34. The van der Waals surface area contributed by atoms with Crippen LogP contribution in [0.15, 0.2) is 144 Å². The summed E-state index contributed by atoms with van der Waals surface area (Å²) in [5.74, 6) is 1.40. The van der Waals surface area contributed by atoms with Gasteiger partial charge >= 0.3 is 0 Å². The first kappa shape index (κ1) is 31.9. The molecule has 11 rings (SSSR count). The molecule has 54 heavy (non-hydrogen) atoms. The van der Waals surface area contributed by atoms with Crippen molar-refractivity contribution in [1.29, 1.82) is 0 Å². The van der Waals surface area contributed by atoms with E-state index in [0.717, 1.165) is 73.8 Å². The zero-order valence-electron chi connectivity index (χ0n) is 30.3. The number of para-hydroxylation sites is 1. The molecule has 0 bridgehead atoms. The van der Waals surface area contributed by atoms with E-state index in [0.29, 0.717) is 5.92 Å². The molecule has 3 nitrogen and oxygen atoms in total. The van der Waals surface area contributed by atoms with Crippen molar-refractivity contribution in [3.8, 4) is 0 Å². The number of hydrogen-bond donors (Lipinski definition) is 0. The van der Waals surface area contributed by atoms with E-state index in [1.807, 2.05) is 11.3 Å². The van der Waals surface area contributed by atoms with Crippen LogP contribution in [0.5, 0.6) is 0 Å². The zero-order valence-corrected chi connectivity index (χ0v) is 31.2. The van der Waals surface area contributed by atoms with Crippen molar-refractivity contribution < 1.29 is 0 Å². The summed E-state index contributed by atoms with van der Waals surface area (Å²) in [5.41, 5.74) is 10.4. The van der Waals surface area contributed by atoms with Crippen molar-refractivity contribution in [2.24, 2.45) is 5.92 Å². The molecule has 0 saturated carbocycles. The maximum atomic E-state index is 5.34. The first-order valence-corrected chi connectivity index (χ1v) is 20.5. The van der Waals surface area contributed by atoms with Crippen LogP contribution in [0.25, 0.3) is 65.4 Å².